The molecule has 1 fully saturated rings. The van der Waals surface area contributed by atoms with Crippen molar-refractivity contribution < 1.29 is 19.1 Å². The third kappa shape index (κ3) is 3.37. The SMILES string of the molecule is COC(=O)CCC(=O)S[C@@H]1CC(=O)N1. The Bertz CT molecular complexity index is 258. The van der Waals surface area contributed by atoms with Gasteiger partial charge in [-0.1, -0.05) is 11.8 Å². The molecule has 0 aromatic carbocycles. The lowest BCUT2D eigenvalue weighted by Crippen LogP contribution is -2.46. The van der Waals surface area contributed by atoms with Gasteiger partial charge in [0.15, 0.2) is 5.12 Å². The second-order valence-corrected chi connectivity index (χ2v) is 4.09. The van der Waals surface area contributed by atoms with Crippen LogP contribution in [0.2, 0.25) is 0 Å². The summed E-state index contributed by atoms with van der Waals surface area (Å²) in [7, 11) is 1.28. The molecule has 1 amide bonds. The molecule has 1 N–H and O–H groups in total. The number of nitrogens with one attached hydrogen (secondary N) is 1. The first-order valence-electron chi connectivity index (χ1n) is 4.17. The highest BCUT2D eigenvalue weighted by atomic mass is 32.2. The predicted octanol–water partition coefficient (Wildman–Crippen LogP) is 0.0454. The highest BCUT2D eigenvalue weighted by Crippen LogP contribution is 2.21. The molecule has 0 aliphatic carbocycles. The normalized spacial score (nSPS) is 19.5. The molecule has 6 heteroatoms. The Morgan fingerprint density at radius 3 is 2.71 bits per heavy atom. The average Bonchev–Trinajstić information content (AvgIpc) is 2.11. The molecule has 1 aliphatic rings. The van der Waals surface area contributed by atoms with Crippen molar-refractivity contribution in [1.29, 1.82) is 0 Å². The smallest absolute Gasteiger partial charge is 0.305 e. The largest absolute Gasteiger partial charge is 0.469 e. The van der Waals surface area contributed by atoms with Crippen molar-refractivity contribution in [2.45, 2.75) is 24.6 Å². The van der Waals surface area contributed by atoms with Crippen LogP contribution in [0.1, 0.15) is 19.3 Å². The molecule has 1 heterocycles. The molecule has 1 rings (SSSR count). The number of rotatable bonds is 4. The van der Waals surface area contributed by atoms with Gasteiger partial charge >= 0.3 is 5.97 Å². The first-order chi connectivity index (χ1) is 6.61. The maximum atomic E-state index is 11.2. The molecular weight excluding hydrogens is 206 g/mol. The van der Waals surface area contributed by atoms with Crippen LogP contribution in [-0.2, 0) is 19.1 Å². The standard InChI is InChI=1S/C8H11NO4S/c1-13-7(11)2-3-8(12)14-6-4-5(10)9-6/h6H,2-4H2,1H3,(H,9,10)/t6-/m1/s1. The zero-order valence-electron chi connectivity index (χ0n) is 7.74. The van der Waals surface area contributed by atoms with E-state index in [0.29, 0.717) is 6.42 Å². The minimum absolute atomic E-state index is 0.0386. The fourth-order valence-electron chi connectivity index (χ4n) is 0.922. The highest BCUT2D eigenvalue weighted by molar-refractivity contribution is 8.14. The van der Waals surface area contributed by atoms with Gasteiger partial charge < -0.3 is 10.1 Å². The van der Waals surface area contributed by atoms with Crippen LogP contribution in [0.25, 0.3) is 0 Å². The van der Waals surface area contributed by atoms with Gasteiger partial charge in [-0.05, 0) is 0 Å². The Hall–Kier alpha value is -1.04. The number of carbonyl (C=O) groups is 3. The Morgan fingerprint density at radius 1 is 1.57 bits per heavy atom. The van der Waals surface area contributed by atoms with Crippen molar-refractivity contribution in [3.63, 3.8) is 0 Å². The number of amides is 1. The number of esters is 1. The van der Waals surface area contributed by atoms with Crippen molar-refractivity contribution in [1.82, 2.24) is 5.32 Å². The highest BCUT2D eigenvalue weighted by Gasteiger charge is 2.27. The van der Waals surface area contributed by atoms with Crippen LogP contribution in [0.15, 0.2) is 0 Å². The summed E-state index contributed by atoms with van der Waals surface area (Å²) in [6.07, 6.45) is 0.640. The van der Waals surface area contributed by atoms with Gasteiger partial charge in [0.25, 0.3) is 0 Å². The summed E-state index contributed by atoms with van der Waals surface area (Å²) < 4.78 is 4.39. The van der Waals surface area contributed by atoms with Crippen LogP contribution < -0.4 is 5.32 Å². The minimum atomic E-state index is -0.392. The summed E-state index contributed by atoms with van der Waals surface area (Å²) in [5.41, 5.74) is 0. The first-order valence-corrected chi connectivity index (χ1v) is 5.05. The molecule has 5 nitrogen and oxygen atoms in total. The number of carbonyl (C=O) groups excluding carboxylic acids is 3. The van der Waals surface area contributed by atoms with Crippen molar-refractivity contribution in [2.75, 3.05) is 7.11 Å². The number of hydrogen-bond donors (Lipinski definition) is 1. The number of ether oxygens (including phenoxy) is 1. The van der Waals surface area contributed by atoms with Crippen LogP contribution in [0, 0.1) is 0 Å². The van der Waals surface area contributed by atoms with E-state index >= 15 is 0 Å². The van der Waals surface area contributed by atoms with Gasteiger partial charge in [0.05, 0.1) is 25.3 Å². The lowest BCUT2D eigenvalue weighted by Gasteiger charge is -2.24. The number of thioether (sulfide) groups is 1. The van der Waals surface area contributed by atoms with Crippen molar-refractivity contribution >= 4 is 28.8 Å². The van der Waals surface area contributed by atoms with E-state index in [9.17, 15) is 14.4 Å². The van der Waals surface area contributed by atoms with E-state index in [-0.39, 0.29) is 29.2 Å². The third-order valence-electron chi connectivity index (χ3n) is 1.73. The van der Waals surface area contributed by atoms with Crippen molar-refractivity contribution in [3.8, 4) is 0 Å². The molecule has 14 heavy (non-hydrogen) atoms. The summed E-state index contributed by atoms with van der Waals surface area (Å²) in [6, 6.07) is 0. The van der Waals surface area contributed by atoms with E-state index in [1.54, 1.807) is 0 Å². The van der Waals surface area contributed by atoms with Gasteiger partial charge in [-0.25, -0.2) is 0 Å². The van der Waals surface area contributed by atoms with E-state index in [1.165, 1.54) is 7.11 Å². The summed E-state index contributed by atoms with van der Waals surface area (Å²) in [4.78, 5) is 32.4. The van der Waals surface area contributed by atoms with Gasteiger partial charge in [0, 0.05) is 6.42 Å². The van der Waals surface area contributed by atoms with Crippen LogP contribution in [0.3, 0.4) is 0 Å². The Morgan fingerprint density at radius 2 is 2.21 bits per heavy atom. The maximum absolute atomic E-state index is 11.2. The third-order valence-corrected chi connectivity index (χ3v) is 2.76. The zero-order chi connectivity index (χ0) is 10.6. The summed E-state index contributed by atoms with van der Waals surface area (Å²) in [5.74, 6) is -0.431. The van der Waals surface area contributed by atoms with Crippen molar-refractivity contribution in [3.05, 3.63) is 0 Å². The van der Waals surface area contributed by atoms with Crippen LogP contribution in [0.5, 0.6) is 0 Å². The number of hydrogen-bond acceptors (Lipinski definition) is 5. The molecule has 0 radical (unpaired) electrons. The Balaban J connectivity index is 2.10. The van der Waals surface area contributed by atoms with E-state index < -0.39 is 5.97 Å². The predicted molar refractivity (Wildman–Crippen MR) is 50.4 cm³/mol. The Labute approximate surface area is 85.6 Å². The molecule has 0 unspecified atom stereocenters. The van der Waals surface area contributed by atoms with Gasteiger partial charge in [-0.3, -0.25) is 14.4 Å². The second kappa shape index (κ2) is 4.99. The molecule has 78 valence electrons. The van der Waals surface area contributed by atoms with Gasteiger partial charge in [0.1, 0.15) is 0 Å². The summed E-state index contributed by atoms with van der Waals surface area (Å²) in [5, 5.41) is 2.36. The molecule has 1 saturated heterocycles. The molecule has 0 aromatic rings. The fourth-order valence-corrected chi connectivity index (χ4v) is 1.88. The number of methoxy groups -OCH3 is 1. The van der Waals surface area contributed by atoms with Crippen LogP contribution in [0.4, 0.5) is 0 Å². The monoisotopic (exact) mass is 217 g/mol. The van der Waals surface area contributed by atoms with E-state index in [0.717, 1.165) is 11.8 Å². The number of β-lactam (4-membered cyclic amide) rings is 1. The molecule has 0 bridgehead atoms. The van der Waals surface area contributed by atoms with E-state index in [1.807, 2.05) is 0 Å². The molecule has 0 aromatic heterocycles. The zero-order valence-corrected chi connectivity index (χ0v) is 8.56. The second-order valence-electron chi connectivity index (χ2n) is 2.83. The van der Waals surface area contributed by atoms with E-state index in [4.69, 9.17) is 0 Å². The first kappa shape index (κ1) is 11.0. The van der Waals surface area contributed by atoms with Gasteiger partial charge in [-0.15, -0.1) is 0 Å². The average molecular weight is 217 g/mol. The molecular formula is C8H11NO4S. The van der Waals surface area contributed by atoms with Crippen molar-refractivity contribution in [2.24, 2.45) is 0 Å². The topological polar surface area (TPSA) is 72.5 Å². The fraction of sp³-hybridized carbons (Fsp3) is 0.625. The molecule has 1 aliphatic heterocycles. The summed E-state index contributed by atoms with van der Waals surface area (Å²) in [6.45, 7) is 0. The lowest BCUT2D eigenvalue weighted by atomic mass is 10.3. The van der Waals surface area contributed by atoms with Gasteiger partial charge in [0.2, 0.25) is 5.91 Å². The molecule has 0 saturated carbocycles. The van der Waals surface area contributed by atoms with Gasteiger partial charge in [-0.2, -0.15) is 0 Å². The van der Waals surface area contributed by atoms with E-state index in [2.05, 4.69) is 10.1 Å². The van der Waals surface area contributed by atoms with Crippen LogP contribution in [-0.4, -0.2) is 29.5 Å². The lowest BCUT2D eigenvalue weighted by molar-refractivity contribution is -0.141. The molecule has 1 atom stereocenters. The molecule has 0 spiro atoms. The quantitative estimate of drug-likeness (QED) is 0.532. The minimum Gasteiger partial charge on any atom is -0.469 e. The maximum Gasteiger partial charge on any atom is 0.305 e. The van der Waals surface area contributed by atoms with Crippen LogP contribution >= 0.6 is 11.8 Å². The Kier molecular flexibility index (Phi) is 3.94. The summed E-state index contributed by atoms with van der Waals surface area (Å²) >= 11 is 1.06.